The van der Waals surface area contributed by atoms with Crippen LogP contribution in [0.15, 0.2) is 18.2 Å². The summed E-state index contributed by atoms with van der Waals surface area (Å²) in [5.74, 6) is 1.70. The molecule has 0 amide bonds. The molecule has 1 unspecified atom stereocenters. The van der Waals surface area contributed by atoms with Crippen LogP contribution in [0.4, 0.5) is 0 Å². The number of hydrogen-bond acceptors (Lipinski definition) is 2. The first-order valence-corrected chi connectivity index (χ1v) is 7.44. The molecule has 1 atom stereocenters. The van der Waals surface area contributed by atoms with E-state index in [0.717, 1.165) is 43.8 Å². The van der Waals surface area contributed by atoms with Crippen LogP contribution < -0.4 is 0 Å². The minimum Gasteiger partial charge on any atom is -0.379 e. The Hall–Kier alpha value is -1.06. The maximum Gasteiger partial charge on any atom is 0.111 e. The quantitative estimate of drug-likeness (QED) is 0.804. The first-order valence-electron chi connectivity index (χ1n) is 6.91. The maximum atomic E-state index is 5.92. The van der Waals surface area contributed by atoms with Gasteiger partial charge in [-0.15, -0.1) is 11.6 Å². The number of rotatable bonds is 3. The SMILES string of the molecule is Cc1ccc2c(c1)nc(CCCl)n2C1CCCOC1. The zero-order chi connectivity index (χ0) is 13.2. The van der Waals surface area contributed by atoms with E-state index in [1.165, 1.54) is 11.1 Å². The molecule has 0 bridgehead atoms. The van der Waals surface area contributed by atoms with Crippen LogP contribution in [0.5, 0.6) is 0 Å². The number of hydrogen-bond donors (Lipinski definition) is 0. The molecular formula is C15H19ClN2O. The van der Waals surface area contributed by atoms with E-state index in [4.69, 9.17) is 21.3 Å². The number of nitrogens with zero attached hydrogens (tertiary/aromatic N) is 2. The third kappa shape index (κ3) is 2.49. The second kappa shape index (κ2) is 5.51. The van der Waals surface area contributed by atoms with Crippen LogP contribution in [0.1, 0.15) is 30.3 Å². The Morgan fingerprint density at radius 1 is 1.47 bits per heavy atom. The summed E-state index contributed by atoms with van der Waals surface area (Å²) < 4.78 is 7.97. The van der Waals surface area contributed by atoms with Crippen molar-refractivity contribution in [2.24, 2.45) is 0 Å². The van der Waals surface area contributed by atoms with Gasteiger partial charge in [-0.2, -0.15) is 0 Å². The topological polar surface area (TPSA) is 27.1 Å². The van der Waals surface area contributed by atoms with Crippen LogP contribution in [0.25, 0.3) is 11.0 Å². The van der Waals surface area contributed by atoms with Gasteiger partial charge in [0.2, 0.25) is 0 Å². The number of benzene rings is 1. The largest absolute Gasteiger partial charge is 0.379 e. The van der Waals surface area contributed by atoms with E-state index in [0.29, 0.717) is 11.9 Å². The third-order valence-corrected chi connectivity index (χ3v) is 3.93. The Morgan fingerprint density at radius 3 is 3.11 bits per heavy atom. The third-order valence-electron chi connectivity index (χ3n) is 3.74. The fourth-order valence-electron chi connectivity index (χ4n) is 2.85. The van der Waals surface area contributed by atoms with Gasteiger partial charge in [0.1, 0.15) is 5.82 Å². The van der Waals surface area contributed by atoms with Crippen molar-refractivity contribution in [1.82, 2.24) is 9.55 Å². The van der Waals surface area contributed by atoms with Gasteiger partial charge >= 0.3 is 0 Å². The number of alkyl halides is 1. The van der Waals surface area contributed by atoms with Crippen molar-refractivity contribution in [3.8, 4) is 0 Å². The summed E-state index contributed by atoms with van der Waals surface area (Å²) in [6.07, 6.45) is 3.09. The molecular weight excluding hydrogens is 260 g/mol. The monoisotopic (exact) mass is 278 g/mol. The minimum atomic E-state index is 0.402. The first-order chi connectivity index (χ1) is 9.29. The van der Waals surface area contributed by atoms with Crippen LogP contribution in [-0.2, 0) is 11.2 Å². The molecule has 0 radical (unpaired) electrons. The van der Waals surface area contributed by atoms with Gasteiger partial charge in [0.25, 0.3) is 0 Å². The van der Waals surface area contributed by atoms with Gasteiger partial charge in [-0.05, 0) is 37.5 Å². The molecule has 2 aromatic rings. The predicted molar refractivity (Wildman–Crippen MR) is 78.0 cm³/mol. The molecule has 1 fully saturated rings. The lowest BCUT2D eigenvalue weighted by molar-refractivity contribution is 0.0596. The van der Waals surface area contributed by atoms with Gasteiger partial charge in [-0.25, -0.2) is 4.98 Å². The minimum absolute atomic E-state index is 0.402. The van der Waals surface area contributed by atoms with Gasteiger partial charge in [0.05, 0.1) is 23.7 Å². The van der Waals surface area contributed by atoms with Crippen molar-refractivity contribution < 1.29 is 4.74 Å². The highest BCUT2D eigenvalue weighted by Gasteiger charge is 2.21. The molecule has 1 aromatic carbocycles. The molecule has 0 aliphatic carbocycles. The Morgan fingerprint density at radius 2 is 2.37 bits per heavy atom. The highest BCUT2D eigenvalue weighted by Crippen LogP contribution is 2.27. The second-order valence-corrected chi connectivity index (χ2v) is 5.58. The molecule has 2 heterocycles. The van der Waals surface area contributed by atoms with Crippen LogP contribution in [0.3, 0.4) is 0 Å². The van der Waals surface area contributed by atoms with Gasteiger partial charge in [-0.3, -0.25) is 0 Å². The number of halogens is 1. The summed E-state index contributed by atoms with van der Waals surface area (Å²) >= 11 is 5.92. The van der Waals surface area contributed by atoms with E-state index < -0.39 is 0 Å². The summed E-state index contributed by atoms with van der Waals surface area (Å²) in [6.45, 7) is 3.77. The smallest absolute Gasteiger partial charge is 0.111 e. The van der Waals surface area contributed by atoms with E-state index in [1.54, 1.807) is 0 Å². The maximum absolute atomic E-state index is 5.92. The number of ether oxygens (including phenoxy) is 1. The summed E-state index contributed by atoms with van der Waals surface area (Å²) in [7, 11) is 0. The Bertz CT molecular complexity index is 573. The van der Waals surface area contributed by atoms with Crippen LogP contribution in [0.2, 0.25) is 0 Å². The van der Waals surface area contributed by atoms with Crippen molar-refractivity contribution in [1.29, 1.82) is 0 Å². The van der Waals surface area contributed by atoms with E-state index in [2.05, 4.69) is 29.7 Å². The van der Waals surface area contributed by atoms with E-state index >= 15 is 0 Å². The van der Waals surface area contributed by atoms with Crippen LogP contribution in [-0.4, -0.2) is 28.6 Å². The molecule has 102 valence electrons. The van der Waals surface area contributed by atoms with E-state index in [9.17, 15) is 0 Å². The molecule has 19 heavy (non-hydrogen) atoms. The van der Waals surface area contributed by atoms with Crippen molar-refractivity contribution in [3.05, 3.63) is 29.6 Å². The lowest BCUT2D eigenvalue weighted by Crippen LogP contribution is -2.23. The highest BCUT2D eigenvalue weighted by atomic mass is 35.5. The fraction of sp³-hybridized carbons (Fsp3) is 0.533. The molecule has 1 aliphatic rings. The van der Waals surface area contributed by atoms with Gasteiger partial charge in [0.15, 0.2) is 0 Å². The van der Waals surface area contributed by atoms with Gasteiger partial charge in [0, 0.05) is 18.9 Å². The van der Waals surface area contributed by atoms with Crippen molar-refractivity contribution in [2.75, 3.05) is 19.1 Å². The Kier molecular flexibility index (Phi) is 3.76. The van der Waals surface area contributed by atoms with Crippen LogP contribution >= 0.6 is 11.6 Å². The average Bonchev–Trinajstić information content (AvgIpc) is 2.77. The number of aryl methyl sites for hydroxylation is 2. The number of aromatic nitrogens is 2. The first kappa shape index (κ1) is 12.9. The molecule has 1 aliphatic heterocycles. The molecule has 0 N–H and O–H groups in total. The second-order valence-electron chi connectivity index (χ2n) is 5.20. The van der Waals surface area contributed by atoms with Crippen molar-refractivity contribution in [3.63, 3.8) is 0 Å². The molecule has 3 nitrogen and oxygen atoms in total. The lowest BCUT2D eigenvalue weighted by atomic mass is 10.1. The fourth-order valence-corrected chi connectivity index (χ4v) is 3.02. The Labute approximate surface area is 118 Å². The molecule has 0 spiro atoms. The van der Waals surface area contributed by atoms with E-state index in [-0.39, 0.29) is 0 Å². The molecule has 1 saturated heterocycles. The highest BCUT2D eigenvalue weighted by molar-refractivity contribution is 6.17. The summed E-state index contributed by atoms with van der Waals surface area (Å²) in [6, 6.07) is 6.87. The average molecular weight is 279 g/mol. The summed E-state index contributed by atoms with van der Waals surface area (Å²) in [4.78, 5) is 4.76. The zero-order valence-electron chi connectivity index (χ0n) is 11.2. The molecule has 4 heteroatoms. The standard InChI is InChI=1S/C15H19ClN2O/c1-11-4-5-14-13(9-11)17-15(6-7-16)18(14)12-3-2-8-19-10-12/h4-5,9,12H,2-3,6-8,10H2,1H3. The van der Waals surface area contributed by atoms with E-state index in [1.807, 2.05) is 0 Å². The van der Waals surface area contributed by atoms with Gasteiger partial charge < -0.3 is 9.30 Å². The summed E-state index contributed by atoms with van der Waals surface area (Å²) in [5.41, 5.74) is 3.53. The van der Waals surface area contributed by atoms with Crippen molar-refractivity contribution >= 4 is 22.6 Å². The van der Waals surface area contributed by atoms with Crippen molar-refractivity contribution in [2.45, 2.75) is 32.2 Å². The molecule has 1 aromatic heterocycles. The normalized spacial score (nSPS) is 20.0. The number of fused-ring (bicyclic) bond motifs is 1. The lowest BCUT2D eigenvalue weighted by Gasteiger charge is -2.25. The summed E-state index contributed by atoms with van der Waals surface area (Å²) in [5, 5.41) is 0. The number of imidazole rings is 1. The van der Waals surface area contributed by atoms with Gasteiger partial charge in [-0.1, -0.05) is 6.07 Å². The van der Waals surface area contributed by atoms with Crippen LogP contribution in [0, 0.1) is 6.92 Å². The molecule has 0 saturated carbocycles. The molecule has 3 rings (SSSR count). The Balaban J connectivity index is 2.09. The zero-order valence-corrected chi connectivity index (χ0v) is 12.0. The predicted octanol–water partition coefficient (Wildman–Crippen LogP) is 3.48.